The van der Waals surface area contributed by atoms with Crippen LogP contribution in [0.3, 0.4) is 0 Å². The van der Waals surface area contributed by atoms with Gasteiger partial charge in [0.05, 0.1) is 10.9 Å². The lowest BCUT2D eigenvalue weighted by atomic mass is 10.1. The molecule has 3 aromatic rings. The molecule has 4 rings (SSSR count). The highest BCUT2D eigenvalue weighted by molar-refractivity contribution is 7.92. The van der Waals surface area contributed by atoms with Crippen molar-refractivity contribution in [2.45, 2.75) is 30.7 Å². The predicted molar refractivity (Wildman–Crippen MR) is 116 cm³/mol. The summed E-state index contributed by atoms with van der Waals surface area (Å²) >= 11 is 1.63. The van der Waals surface area contributed by atoms with Crippen LogP contribution in [0, 0.1) is 12.7 Å². The Kier molecular flexibility index (Phi) is 5.62. The molecule has 1 saturated heterocycles. The van der Waals surface area contributed by atoms with Crippen molar-refractivity contribution in [3.8, 4) is 0 Å². The number of carbonyl (C=O) groups excluding carboxylic acids is 1. The van der Waals surface area contributed by atoms with Crippen molar-refractivity contribution < 1.29 is 17.6 Å². The van der Waals surface area contributed by atoms with Gasteiger partial charge in [-0.2, -0.15) is 0 Å². The molecule has 1 amide bonds. The van der Waals surface area contributed by atoms with Crippen molar-refractivity contribution >= 4 is 33.0 Å². The second-order valence-electron chi connectivity index (χ2n) is 7.27. The molecular formula is C22H21FN2O3S2. The van der Waals surface area contributed by atoms with E-state index in [1.807, 2.05) is 22.4 Å². The third-order valence-corrected chi connectivity index (χ3v) is 7.55. The Morgan fingerprint density at radius 1 is 1.17 bits per heavy atom. The van der Waals surface area contributed by atoms with E-state index in [2.05, 4.69) is 4.72 Å². The van der Waals surface area contributed by atoms with Crippen LogP contribution in [0.1, 0.15) is 39.7 Å². The number of sulfonamides is 1. The fraction of sp³-hybridized carbons (Fsp3) is 0.227. The summed E-state index contributed by atoms with van der Waals surface area (Å²) in [5.41, 5.74) is 1.04. The summed E-state index contributed by atoms with van der Waals surface area (Å²) in [4.78, 5) is 16.0. The summed E-state index contributed by atoms with van der Waals surface area (Å²) in [7, 11) is -3.97. The van der Waals surface area contributed by atoms with Crippen LogP contribution in [0.2, 0.25) is 0 Å². The van der Waals surface area contributed by atoms with Gasteiger partial charge in [-0.1, -0.05) is 18.2 Å². The summed E-state index contributed by atoms with van der Waals surface area (Å²) in [5, 5.41) is 2.00. The third-order valence-electron chi connectivity index (χ3n) is 5.20. The molecule has 2 aromatic carbocycles. The Hall–Kier alpha value is -2.71. The van der Waals surface area contributed by atoms with E-state index in [0.29, 0.717) is 17.7 Å². The maximum Gasteiger partial charge on any atom is 0.261 e. The molecule has 0 aliphatic carbocycles. The van der Waals surface area contributed by atoms with Gasteiger partial charge in [0.15, 0.2) is 0 Å². The number of rotatable bonds is 5. The Morgan fingerprint density at radius 3 is 2.73 bits per heavy atom. The molecule has 0 spiro atoms. The molecule has 1 atom stereocenters. The van der Waals surface area contributed by atoms with Gasteiger partial charge in [-0.05, 0) is 67.1 Å². The number of nitrogens with zero attached hydrogens (tertiary/aromatic N) is 1. The average molecular weight is 445 g/mol. The molecular weight excluding hydrogens is 423 g/mol. The molecule has 0 radical (unpaired) electrons. The summed E-state index contributed by atoms with van der Waals surface area (Å²) in [6.45, 7) is 2.23. The normalized spacial score (nSPS) is 16.6. The molecule has 1 fully saturated rings. The number of hydrogen-bond acceptors (Lipinski definition) is 4. The van der Waals surface area contributed by atoms with Crippen LogP contribution in [0.5, 0.6) is 0 Å². The monoisotopic (exact) mass is 444 g/mol. The van der Waals surface area contributed by atoms with E-state index in [1.165, 1.54) is 18.2 Å². The fourth-order valence-electron chi connectivity index (χ4n) is 3.62. The number of carbonyl (C=O) groups is 1. The lowest BCUT2D eigenvalue weighted by Gasteiger charge is -2.24. The molecule has 30 heavy (non-hydrogen) atoms. The second-order valence-corrected chi connectivity index (χ2v) is 9.93. The Balaban J connectivity index is 1.56. The molecule has 2 heterocycles. The molecule has 1 aliphatic heterocycles. The number of halogens is 1. The highest BCUT2D eigenvalue weighted by atomic mass is 32.2. The molecule has 5 nitrogen and oxygen atoms in total. The number of nitrogens with one attached hydrogen (secondary N) is 1. The number of thiophene rings is 1. The quantitative estimate of drug-likeness (QED) is 0.604. The zero-order valence-electron chi connectivity index (χ0n) is 16.3. The summed E-state index contributed by atoms with van der Waals surface area (Å²) < 4.78 is 41.5. The van der Waals surface area contributed by atoms with E-state index in [-0.39, 0.29) is 22.5 Å². The van der Waals surface area contributed by atoms with Crippen LogP contribution in [0.25, 0.3) is 0 Å². The first-order chi connectivity index (χ1) is 14.3. The van der Waals surface area contributed by atoms with Gasteiger partial charge in [-0.3, -0.25) is 9.52 Å². The minimum Gasteiger partial charge on any atom is -0.331 e. The maximum atomic E-state index is 13.8. The van der Waals surface area contributed by atoms with Crippen LogP contribution < -0.4 is 4.72 Å². The summed E-state index contributed by atoms with van der Waals surface area (Å²) in [6.07, 6.45) is 1.84. The van der Waals surface area contributed by atoms with E-state index in [0.717, 1.165) is 23.8 Å². The highest BCUT2D eigenvalue weighted by Crippen LogP contribution is 2.35. The van der Waals surface area contributed by atoms with Crippen LogP contribution in [-0.2, 0) is 10.0 Å². The summed E-state index contributed by atoms with van der Waals surface area (Å²) in [5.74, 6) is -0.719. The molecule has 1 aromatic heterocycles. The van der Waals surface area contributed by atoms with Gasteiger partial charge < -0.3 is 4.90 Å². The van der Waals surface area contributed by atoms with Crippen molar-refractivity contribution in [2.24, 2.45) is 0 Å². The van der Waals surface area contributed by atoms with Crippen LogP contribution >= 0.6 is 11.3 Å². The molecule has 1 unspecified atom stereocenters. The topological polar surface area (TPSA) is 66.5 Å². The number of aryl methyl sites for hydroxylation is 1. The van der Waals surface area contributed by atoms with Gasteiger partial charge >= 0.3 is 0 Å². The lowest BCUT2D eigenvalue weighted by Crippen LogP contribution is -2.30. The first-order valence-corrected chi connectivity index (χ1v) is 11.9. The van der Waals surface area contributed by atoms with Gasteiger partial charge in [0.1, 0.15) is 5.82 Å². The maximum absolute atomic E-state index is 13.8. The standard InChI is InChI=1S/C22H21FN2O3S2/c1-15-9-10-18(14-19(15)23)30(27,28)24-17-6-2-5-16(13-17)22(26)25-11-3-7-20(25)21-8-4-12-29-21/h2,4-6,8-10,12-14,20,24H,3,7,11H2,1H3. The first kappa shape index (κ1) is 20.6. The lowest BCUT2D eigenvalue weighted by molar-refractivity contribution is 0.0738. The van der Waals surface area contributed by atoms with Gasteiger partial charge in [-0.25, -0.2) is 12.8 Å². The van der Waals surface area contributed by atoms with Crippen molar-refractivity contribution in [1.29, 1.82) is 0 Å². The highest BCUT2D eigenvalue weighted by Gasteiger charge is 2.31. The van der Waals surface area contributed by atoms with Crippen LogP contribution in [0.4, 0.5) is 10.1 Å². The van der Waals surface area contributed by atoms with Crippen molar-refractivity contribution in [1.82, 2.24) is 4.90 Å². The number of amides is 1. The SMILES string of the molecule is Cc1ccc(S(=O)(=O)Nc2cccc(C(=O)N3CCCC3c3cccs3)c2)cc1F. The number of anilines is 1. The largest absolute Gasteiger partial charge is 0.331 e. The molecule has 1 aliphatic rings. The Morgan fingerprint density at radius 2 is 2.00 bits per heavy atom. The number of hydrogen-bond donors (Lipinski definition) is 1. The van der Waals surface area contributed by atoms with Gasteiger partial charge in [0, 0.05) is 22.7 Å². The van der Waals surface area contributed by atoms with Gasteiger partial charge in [0.25, 0.3) is 15.9 Å². The van der Waals surface area contributed by atoms with Gasteiger partial charge in [-0.15, -0.1) is 11.3 Å². The number of benzene rings is 2. The number of likely N-dealkylation sites (tertiary alicyclic amines) is 1. The van der Waals surface area contributed by atoms with Crippen molar-refractivity contribution in [3.63, 3.8) is 0 Å². The van der Waals surface area contributed by atoms with E-state index in [4.69, 9.17) is 0 Å². The minimum atomic E-state index is -3.97. The van der Waals surface area contributed by atoms with Crippen LogP contribution in [0.15, 0.2) is 64.9 Å². The minimum absolute atomic E-state index is 0.0494. The molecule has 156 valence electrons. The molecule has 8 heteroatoms. The Labute approximate surface area is 179 Å². The third kappa shape index (κ3) is 4.11. The molecule has 0 bridgehead atoms. The fourth-order valence-corrected chi connectivity index (χ4v) is 5.56. The zero-order chi connectivity index (χ0) is 21.3. The predicted octanol–water partition coefficient (Wildman–Crippen LogP) is 4.97. The first-order valence-electron chi connectivity index (χ1n) is 9.58. The van der Waals surface area contributed by atoms with Crippen molar-refractivity contribution in [2.75, 3.05) is 11.3 Å². The Bertz CT molecular complexity index is 1180. The molecule has 1 N–H and O–H groups in total. The summed E-state index contributed by atoms with van der Waals surface area (Å²) in [6, 6.07) is 14.2. The smallest absolute Gasteiger partial charge is 0.261 e. The van der Waals surface area contributed by atoms with Gasteiger partial charge in [0.2, 0.25) is 0 Å². The van der Waals surface area contributed by atoms with E-state index in [9.17, 15) is 17.6 Å². The average Bonchev–Trinajstić information content (AvgIpc) is 3.40. The molecule has 0 saturated carbocycles. The van der Waals surface area contributed by atoms with Crippen molar-refractivity contribution in [3.05, 3.63) is 81.8 Å². The van der Waals surface area contributed by atoms with E-state index in [1.54, 1.807) is 36.5 Å². The van der Waals surface area contributed by atoms with E-state index >= 15 is 0 Å². The van der Waals surface area contributed by atoms with E-state index < -0.39 is 15.8 Å². The second kappa shape index (κ2) is 8.20. The van der Waals surface area contributed by atoms with Crippen LogP contribution in [-0.4, -0.2) is 25.8 Å². The zero-order valence-corrected chi connectivity index (χ0v) is 18.0.